The van der Waals surface area contributed by atoms with E-state index in [9.17, 15) is 5.26 Å². The van der Waals surface area contributed by atoms with Gasteiger partial charge in [-0.15, -0.1) is 5.10 Å². The quantitative estimate of drug-likeness (QED) is 0.865. The molecule has 4 heteroatoms. The van der Waals surface area contributed by atoms with E-state index in [0.29, 0.717) is 17.4 Å². The lowest BCUT2D eigenvalue weighted by molar-refractivity contribution is 0.438. The summed E-state index contributed by atoms with van der Waals surface area (Å²) in [6.45, 7) is 3.83. The third-order valence-corrected chi connectivity index (χ3v) is 4.63. The van der Waals surface area contributed by atoms with E-state index >= 15 is 0 Å². The van der Waals surface area contributed by atoms with Gasteiger partial charge in [0.25, 0.3) is 0 Å². The summed E-state index contributed by atoms with van der Waals surface area (Å²) in [4.78, 5) is 0. The Morgan fingerprint density at radius 2 is 2.06 bits per heavy atom. The van der Waals surface area contributed by atoms with Gasteiger partial charge >= 0.3 is 0 Å². The minimum absolute atomic E-state index is 0.493. The molecule has 1 aromatic rings. The van der Waals surface area contributed by atoms with Crippen LogP contribution in [0, 0.1) is 37.0 Å². The number of aryl methyl sites for hydroxylation is 1. The molecule has 1 N–H and O–H groups in total. The number of fused-ring (bicyclic) bond motifs is 2. The summed E-state index contributed by atoms with van der Waals surface area (Å²) in [6, 6.07) is 2.75. The maximum Gasteiger partial charge on any atom is 0.167 e. The third kappa shape index (κ3) is 1.74. The average Bonchev–Trinajstić information content (AvgIpc) is 2.96. The van der Waals surface area contributed by atoms with Crippen LogP contribution in [0.1, 0.15) is 42.5 Å². The molecular formula is C14H18N4. The van der Waals surface area contributed by atoms with E-state index in [4.69, 9.17) is 0 Å². The molecule has 2 aliphatic rings. The first kappa shape index (κ1) is 11.5. The molecule has 4 nitrogen and oxygen atoms in total. The number of aromatic nitrogens is 2. The van der Waals surface area contributed by atoms with E-state index in [0.717, 1.165) is 23.1 Å². The SMILES string of the molecule is Cc1nnc(NC2CC3CCC2C3)c(C#N)c1C. The van der Waals surface area contributed by atoms with Crippen LogP contribution in [0.25, 0.3) is 0 Å². The molecule has 18 heavy (non-hydrogen) atoms. The van der Waals surface area contributed by atoms with Crippen LogP contribution in [0.4, 0.5) is 5.82 Å². The molecule has 2 bridgehead atoms. The summed E-state index contributed by atoms with van der Waals surface area (Å²) in [5.41, 5.74) is 2.44. The molecule has 0 saturated heterocycles. The average molecular weight is 242 g/mol. The van der Waals surface area contributed by atoms with Crippen LogP contribution in [0.2, 0.25) is 0 Å². The molecular weight excluding hydrogens is 224 g/mol. The summed E-state index contributed by atoms with van der Waals surface area (Å²) in [5, 5.41) is 21.0. The minimum atomic E-state index is 0.493. The molecule has 3 rings (SSSR count). The Morgan fingerprint density at radius 3 is 2.67 bits per heavy atom. The molecule has 1 aromatic heterocycles. The molecule has 0 aliphatic heterocycles. The van der Waals surface area contributed by atoms with Crippen LogP contribution in [-0.4, -0.2) is 16.2 Å². The maximum atomic E-state index is 9.27. The van der Waals surface area contributed by atoms with E-state index in [-0.39, 0.29) is 0 Å². The molecule has 0 aromatic carbocycles. The molecule has 0 spiro atoms. The number of nitrogens with one attached hydrogen (secondary N) is 1. The summed E-state index contributed by atoms with van der Waals surface area (Å²) in [7, 11) is 0. The van der Waals surface area contributed by atoms with Crippen molar-refractivity contribution >= 4 is 5.82 Å². The van der Waals surface area contributed by atoms with Gasteiger partial charge in [0, 0.05) is 6.04 Å². The van der Waals surface area contributed by atoms with Gasteiger partial charge in [0.05, 0.1) is 5.69 Å². The van der Waals surface area contributed by atoms with Gasteiger partial charge < -0.3 is 5.32 Å². The lowest BCUT2D eigenvalue weighted by Gasteiger charge is -2.23. The minimum Gasteiger partial charge on any atom is -0.364 e. The van der Waals surface area contributed by atoms with Crippen molar-refractivity contribution in [1.82, 2.24) is 10.2 Å². The highest BCUT2D eigenvalue weighted by molar-refractivity contribution is 5.56. The monoisotopic (exact) mass is 242 g/mol. The molecule has 2 saturated carbocycles. The Bertz CT molecular complexity index is 517. The van der Waals surface area contributed by atoms with Crippen molar-refractivity contribution in [2.24, 2.45) is 11.8 Å². The van der Waals surface area contributed by atoms with Gasteiger partial charge in [0.2, 0.25) is 0 Å². The van der Waals surface area contributed by atoms with E-state index in [1.54, 1.807) is 0 Å². The smallest absolute Gasteiger partial charge is 0.167 e. The molecule has 0 radical (unpaired) electrons. The topological polar surface area (TPSA) is 61.6 Å². The number of rotatable bonds is 2. The fourth-order valence-corrected chi connectivity index (χ4v) is 3.44. The van der Waals surface area contributed by atoms with Gasteiger partial charge in [-0.2, -0.15) is 10.4 Å². The molecule has 0 amide bonds. The Hall–Kier alpha value is -1.63. The van der Waals surface area contributed by atoms with E-state index in [2.05, 4.69) is 21.6 Å². The van der Waals surface area contributed by atoms with Crippen LogP contribution in [0.3, 0.4) is 0 Å². The molecule has 3 unspecified atom stereocenters. The predicted molar refractivity (Wildman–Crippen MR) is 69.1 cm³/mol. The first-order chi connectivity index (χ1) is 8.69. The Morgan fingerprint density at radius 1 is 1.22 bits per heavy atom. The van der Waals surface area contributed by atoms with Crippen LogP contribution < -0.4 is 5.32 Å². The predicted octanol–water partition coefficient (Wildman–Crippen LogP) is 2.57. The van der Waals surface area contributed by atoms with Crippen LogP contribution in [-0.2, 0) is 0 Å². The van der Waals surface area contributed by atoms with Crippen molar-refractivity contribution in [3.8, 4) is 6.07 Å². The summed E-state index contributed by atoms with van der Waals surface area (Å²) in [5.74, 6) is 2.33. The molecule has 2 fully saturated rings. The van der Waals surface area contributed by atoms with Gasteiger partial charge in [0.1, 0.15) is 11.6 Å². The van der Waals surface area contributed by atoms with Crippen molar-refractivity contribution in [3.05, 3.63) is 16.8 Å². The van der Waals surface area contributed by atoms with Crippen LogP contribution in [0.5, 0.6) is 0 Å². The van der Waals surface area contributed by atoms with Crippen LogP contribution in [0.15, 0.2) is 0 Å². The lowest BCUT2D eigenvalue weighted by Crippen LogP contribution is -2.27. The van der Waals surface area contributed by atoms with E-state index in [1.807, 2.05) is 13.8 Å². The summed E-state index contributed by atoms with van der Waals surface area (Å²) in [6.07, 6.45) is 5.27. The van der Waals surface area contributed by atoms with Gasteiger partial charge in [0.15, 0.2) is 5.82 Å². The summed E-state index contributed by atoms with van der Waals surface area (Å²) < 4.78 is 0. The maximum absolute atomic E-state index is 9.27. The third-order valence-electron chi connectivity index (χ3n) is 4.63. The van der Waals surface area contributed by atoms with E-state index < -0.39 is 0 Å². The largest absolute Gasteiger partial charge is 0.364 e. The highest BCUT2D eigenvalue weighted by atomic mass is 15.2. The van der Waals surface area contributed by atoms with Crippen LogP contribution >= 0.6 is 0 Å². The van der Waals surface area contributed by atoms with Crippen molar-refractivity contribution in [1.29, 1.82) is 5.26 Å². The molecule has 3 atom stereocenters. The molecule has 94 valence electrons. The first-order valence-electron chi connectivity index (χ1n) is 6.69. The zero-order valence-corrected chi connectivity index (χ0v) is 10.9. The lowest BCUT2D eigenvalue weighted by atomic mass is 9.95. The van der Waals surface area contributed by atoms with E-state index in [1.165, 1.54) is 25.7 Å². The van der Waals surface area contributed by atoms with Gasteiger partial charge in [-0.3, -0.25) is 0 Å². The standard InChI is InChI=1S/C14H18N4/c1-8-9(2)17-18-14(12(8)7-15)16-13-6-10-3-4-11(13)5-10/h10-11,13H,3-6H2,1-2H3,(H,16,18). The Kier molecular flexibility index (Phi) is 2.70. The fourth-order valence-electron chi connectivity index (χ4n) is 3.44. The highest BCUT2D eigenvalue weighted by Crippen LogP contribution is 2.45. The van der Waals surface area contributed by atoms with Crippen molar-refractivity contribution < 1.29 is 0 Å². The van der Waals surface area contributed by atoms with Gasteiger partial charge in [-0.25, -0.2) is 0 Å². The zero-order valence-electron chi connectivity index (χ0n) is 10.9. The summed E-state index contributed by atoms with van der Waals surface area (Å²) >= 11 is 0. The van der Waals surface area contributed by atoms with Crippen molar-refractivity contribution in [2.75, 3.05) is 5.32 Å². The Labute approximate surface area is 107 Å². The first-order valence-corrected chi connectivity index (χ1v) is 6.69. The second-order valence-electron chi connectivity index (χ2n) is 5.67. The second kappa shape index (κ2) is 4.24. The second-order valence-corrected chi connectivity index (χ2v) is 5.67. The normalized spacial score (nSPS) is 29.3. The number of hydrogen-bond acceptors (Lipinski definition) is 4. The fraction of sp³-hybridized carbons (Fsp3) is 0.643. The van der Waals surface area contributed by atoms with Gasteiger partial charge in [-0.05, 0) is 50.5 Å². The molecule has 2 aliphatic carbocycles. The van der Waals surface area contributed by atoms with Crippen molar-refractivity contribution in [3.63, 3.8) is 0 Å². The Balaban J connectivity index is 1.85. The number of nitrogens with zero attached hydrogens (tertiary/aromatic N) is 3. The van der Waals surface area contributed by atoms with Gasteiger partial charge in [-0.1, -0.05) is 6.42 Å². The molecule has 1 heterocycles. The zero-order chi connectivity index (χ0) is 12.7. The number of anilines is 1. The number of hydrogen-bond donors (Lipinski definition) is 1. The number of nitriles is 1. The highest BCUT2D eigenvalue weighted by Gasteiger charge is 2.39. The van der Waals surface area contributed by atoms with Crippen molar-refractivity contribution in [2.45, 2.75) is 45.6 Å².